The van der Waals surface area contributed by atoms with Gasteiger partial charge in [-0.25, -0.2) is 0 Å². The molecule has 11 heteroatoms. The first-order chi connectivity index (χ1) is 16.5. The molecule has 0 amide bonds. The van der Waals surface area contributed by atoms with E-state index < -0.39 is 5.92 Å². The van der Waals surface area contributed by atoms with Crippen molar-refractivity contribution in [2.75, 3.05) is 32.0 Å². The molecule has 1 aliphatic carbocycles. The van der Waals surface area contributed by atoms with Crippen molar-refractivity contribution >= 4 is 34.0 Å². The predicted molar refractivity (Wildman–Crippen MR) is 130 cm³/mol. The van der Waals surface area contributed by atoms with Crippen LogP contribution in [0, 0.1) is 11.3 Å². The summed E-state index contributed by atoms with van der Waals surface area (Å²) < 4.78 is 17.4. The van der Waals surface area contributed by atoms with Crippen LogP contribution in [0.3, 0.4) is 0 Å². The Bertz CT molecular complexity index is 1230. The van der Waals surface area contributed by atoms with Gasteiger partial charge in [0.2, 0.25) is 5.13 Å². The number of ether oxygens (including phenoxy) is 3. The third kappa shape index (κ3) is 3.97. The standard InChI is InChI=1S/C23H25N5O4S2/c1-5-33-23-27-26-22(34-23)28-14-7-6-8-15(29)20(14)19(13(11-24)21(28)25)12-9-17(31-3)18(32-4)10-16(12)30-2/h9-10,19H,5-8,25H2,1-4H3. The summed E-state index contributed by atoms with van der Waals surface area (Å²) in [4.78, 5) is 15.1. The van der Waals surface area contributed by atoms with Crippen LogP contribution in [-0.4, -0.2) is 43.1 Å². The average Bonchev–Trinajstić information content (AvgIpc) is 3.30. The SMILES string of the molecule is CCSc1nnc(N2C(N)=C(C#N)C(c3cc(OC)c(OC)cc3OC)C3=C2CCCC3=O)s1. The Hall–Kier alpha value is -3.23. The number of allylic oxidation sites excluding steroid dienone is 3. The van der Waals surface area contributed by atoms with Crippen LogP contribution in [0.2, 0.25) is 0 Å². The molecule has 1 aliphatic heterocycles. The Balaban J connectivity index is 1.96. The van der Waals surface area contributed by atoms with Crippen molar-refractivity contribution in [3.63, 3.8) is 0 Å². The van der Waals surface area contributed by atoms with E-state index in [4.69, 9.17) is 19.9 Å². The maximum absolute atomic E-state index is 13.4. The number of benzene rings is 1. The number of Topliss-reactive ketones (excluding diaryl/α,β-unsaturated/α-hetero) is 1. The van der Waals surface area contributed by atoms with Crippen molar-refractivity contribution in [1.29, 1.82) is 5.26 Å². The van der Waals surface area contributed by atoms with Gasteiger partial charge in [0.05, 0.1) is 38.9 Å². The van der Waals surface area contributed by atoms with Gasteiger partial charge in [-0.15, -0.1) is 10.2 Å². The molecule has 178 valence electrons. The zero-order chi connectivity index (χ0) is 24.4. The molecular weight excluding hydrogens is 474 g/mol. The van der Waals surface area contributed by atoms with Crippen molar-refractivity contribution in [3.05, 3.63) is 40.4 Å². The second kappa shape index (κ2) is 9.95. The second-order valence-electron chi connectivity index (χ2n) is 7.55. The van der Waals surface area contributed by atoms with Crippen molar-refractivity contribution in [3.8, 4) is 23.3 Å². The van der Waals surface area contributed by atoms with Gasteiger partial charge in [0.15, 0.2) is 21.6 Å². The first-order valence-electron chi connectivity index (χ1n) is 10.7. The molecule has 34 heavy (non-hydrogen) atoms. The lowest BCUT2D eigenvalue weighted by Gasteiger charge is -2.38. The van der Waals surface area contributed by atoms with Crippen molar-refractivity contribution in [2.24, 2.45) is 5.73 Å². The van der Waals surface area contributed by atoms with E-state index in [2.05, 4.69) is 16.3 Å². The Kier molecular flexibility index (Phi) is 7.00. The van der Waals surface area contributed by atoms with Gasteiger partial charge in [-0.2, -0.15) is 5.26 Å². The van der Waals surface area contributed by atoms with E-state index in [0.717, 1.165) is 15.8 Å². The monoisotopic (exact) mass is 499 g/mol. The molecule has 2 aromatic rings. The van der Waals surface area contributed by atoms with Gasteiger partial charge < -0.3 is 19.9 Å². The van der Waals surface area contributed by atoms with E-state index in [0.29, 0.717) is 52.8 Å². The lowest BCUT2D eigenvalue weighted by atomic mass is 9.75. The lowest BCUT2D eigenvalue weighted by Crippen LogP contribution is -2.38. The van der Waals surface area contributed by atoms with Gasteiger partial charge in [-0.1, -0.05) is 30.0 Å². The fourth-order valence-electron chi connectivity index (χ4n) is 4.37. The number of nitrogens with two attached hydrogens (primary N) is 1. The van der Waals surface area contributed by atoms with Crippen LogP contribution in [0.1, 0.15) is 37.7 Å². The van der Waals surface area contributed by atoms with Crippen LogP contribution in [0.15, 0.2) is 39.1 Å². The Morgan fingerprint density at radius 1 is 1.18 bits per heavy atom. The van der Waals surface area contributed by atoms with Crippen LogP contribution in [-0.2, 0) is 4.79 Å². The first kappa shape index (κ1) is 23.9. The molecule has 0 saturated carbocycles. The number of rotatable bonds is 7. The molecule has 2 heterocycles. The summed E-state index contributed by atoms with van der Waals surface area (Å²) in [6.45, 7) is 2.04. The summed E-state index contributed by atoms with van der Waals surface area (Å²) in [6, 6.07) is 5.69. The quantitative estimate of drug-likeness (QED) is 0.559. The molecule has 1 aromatic heterocycles. The van der Waals surface area contributed by atoms with Gasteiger partial charge in [-0.05, 0) is 24.7 Å². The molecule has 0 bridgehead atoms. The highest BCUT2D eigenvalue weighted by atomic mass is 32.2. The van der Waals surface area contributed by atoms with E-state index >= 15 is 0 Å². The summed E-state index contributed by atoms with van der Waals surface area (Å²) in [7, 11) is 4.60. The van der Waals surface area contributed by atoms with Gasteiger partial charge in [0.1, 0.15) is 11.6 Å². The third-order valence-corrected chi connectivity index (χ3v) is 7.74. The lowest BCUT2D eigenvalue weighted by molar-refractivity contribution is -0.116. The van der Waals surface area contributed by atoms with Crippen molar-refractivity contribution < 1.29 is 19.0 Å². The molecule has 1 atom stereocenters. The molecule has 0 radical (unpaired) electrons. The van der Waals surface area contributed by atoms with Gasteiger partial charge in [-0.3, -0.25) is 9.69 Å². The van der Waals surface area contributed by atoms with Gasteiger partial charge >= 0.3 is 0 Å². The summed E-state index contributed by atoms with van der Waals surface area (Å²) in [6.07, 6.45) is 1.71. The summed E-state index contributed by atoms with van der Waals surface area (Å²) in [5.41, 5.74) is 8.76. The normalized spacial score (nSPS) is 18.0. The minimum absolute atomic E-state index is 0.0268. The summed E-state index contributed by atoms with van der Waals surface area (Å²) in [5, 5.41) is 19.3. The largest absolute Gasteiger partial charge is 0.496 e. The number of anilines is 1. The molecule has 1 aromatic carbocycles. The Morgan fingerprint density at radius 3 is 2.53 bits per heavy atom. The summed E-state index contributed by atoms with van der Waals surface area (Å²) in [5.74, 6) is 1.79. The molecule has 9 nitrogen and oxygen atoms in total. The van der Waals surface area contributed by atoms with Crippen LogP contribution in [0.4, 0.5) is 5.13 Å². The van der Waals surface area contributed by atoms with Crippen LogP contribution in [0.5, 0.6) is 17.2 Å². The van der Waals surface area contributed by atoms with E-state index in [1.807, 2.05) is 6.92 Å². The van der Waals surface area contributed by atoms with Gasteiger partial charge in [0.25, 0.3) is 0 Å². The number of nitrogens with zero attached hydrogens (tertiary/aromatic N) is 4. The Morgan fingerprint density at radius 2 is 1.88 bits per heavy atom. The molecule has 0 saturated heterocycles. The number of hydrogen-bond acceptors (Lipinski definition) is 11. The Labute approximate surface area is 206 Å². The zero-order valence-electron chi connectivity index (χ0n) is 19.4. The predicted octanol–water partition coefficient (Wildman–Crippen LogP) is 3.98. The number of hydrogen-bond donors (Lipinski definition) is 1. The number of methoxy groups -OCH3 is 3. The number of aromatic nitrogens is 2. The number of ketones is 1. The van der Waals surface area contributed by atoms with Crippen molar-refractivity contribution in [2.45, 2.75) is 36.4 Å². The van der Waals surface area contributed by atoms with Crippen LogP contribution >= 0.6 is 23.1 Å². The number of nitriles is 1. The number of carbonyl (C=O) groups is 1. The third-order valence-electron chi connectivity index (χ3n) is 5.82. The van der Waals surface area contributed by atoms with E-state index in [-0.39, 0.29) is 17.2 Å². The smallest absolute Gasteiger partial charge is 0.219 e. The highest BCUT2D eigenvalue weighted by molar-refractivity contribution is 8.01. The number of thioether (sulfide) groups is 1. The summed E-state index contributed by atoms with van der Waals surface area (Å²) >= 11 is 2.97. The molecule has 0 fully saturated rings. The zero-order valence-corrected chi connectivity index (χ0v) is 21.0. The fourth-order valence-corrected chi connectivity index (χ4v) is 6.15. The molecule has 0 spiro atoms. The highest BCUT2D eigenvalue weighted by Gasteiger charge is 2.42. The second-order valence-corrected chi connectivity index (χ2v) is 10.0. The van der Waals surface area contributed by atoms with E-state index in [9.17, 15) is 10.1 Å². The topological polar surface area (TPSA) is 124 Å². The van der Waals surface area contributed by atoms with Crippen LogP contribution < -0.4 is 24.8 Å². The highest BCUT2D eigenvalue weighted by Crippen LogP contribution is 2.50. The molecular formula is C23H25N5O4S2. The number of carbonyl (C=O) groups excluding carboxylic acids is 1. The first-order valence-corrected chi connectivity index (χ1v) is 12.5. The molecule has 2 aliphatic rings. The average molecular weight is 500 g/mol. The van der Waals surface area contributed by atoms with Crippen LogP contribution in [0.25, 0.3) is 0 Å². The van der Waals surface area contributed by atoms with Gasteiger partial charge in [0, 0.05) is 29.3 Å². The molecule has 4 rings (SSSR count). The maximum atomic E-state index is 13.4. The molecule has 1 unspecified atom stereocenters. The van der Waals surface area contributed by atoms with E-state index in [1.165, 1.54) is 32.7 Å². The minimum atomic E-state index is -0.698. The van der Waals surface area contributed by atoms with E-state index in [1.54, 1.807) is 28.8 Å². The van der Waals surface area contributed by atoms with Crippen molar-refractivity contribution in [1.82, 2.24) is 10.2 Å². The minimum Gasteiger partial charge on any atom is -0.496 e. The fraction of sp³-hybridized carbons (Fsp3) is 0.391. The molecule has 2 N–H and O–H groups in total. The maximum Gasteiger partial charge on any atom is 0.219 e.